The average Bonchev–Trinajstić information content (AvgIpc) is 3.28. The van der Waals surface area contributed by atoms with E-state index >= 15 is 0 Å². The lowest BCUT2D eigenvalue weighted by atomic mass is 9.33. The minimum Gasteiger partial charge on any atom is -0.444 e. The number of likely N-dealkylation sites (tertiary alicyclic amines) is 1. The number of hydrogen-bond donors (Lipinski definition) is 2. The van der Waals surface area contributed by atoms with Gasteiger partial charge in [0.05, 0.1) is 11.5 Å². The monoisotopic (exact) mass is 652 g/mol. The quantitative estimate of drug-likeness (QED) is 0.324. The molecule has 6 aliphatic rings. The van der Waals surface area contributed by atoms with Crippen LogP contribution in [0.4, 0.5) is 4.79 Å². The lowest BCUT2D eigenvalue weighted by molar-refractivity contribution is -0.228. The van der Waals surface area contributed by atoms with Crippen molar-refractivity contribution >= 4 is 17.8 Å². The van der Waals surface area contributed by atoms with Crippen molar-refractivity contribution in [1.29, 1.82) is 0 Å². The number of alkyl carbamates (subject to hydrolysis) is 1. The molecule has 0 aromatic carbocycles. The molecule has 6 rings (SSSR count). The largest absolute Gasteiger partial charge is 0.444 e. The van der Waals surface area contributed by atoms with Gasteiger partial charge in [0.1, 0.15) is 5.60 Å². The van der Waals surface area contributed by atoms with Crippen LogP contribution in [0.25, 0.3) is 0 Å². The van der Waals surface area contributed by atoms with Gasteiger partial charge in [-0.05, 0) is 141 Å². The van der Waals surface area contributed by atoms with Crippen molar-refractivity contribution in [1.82, 2.24) is 10.2 Å². The highest BCUT2D eigenvalue weighted by Gasteiger charge is 2.71. The van der Waals surface area contributed by atoms with Gasteiger partial charge in [-0.15, -0.1) is 0 Å². The summed E-state index contributed by atoms with van der Waals surface area (Å²) in [6.45, 7) is 23.3. The Labute approximate surface area is 284 Å². The van der Waals surface area contributed by atoms with E-state index in [1.54, 1.807) is 0 Å². The van der Waals surface area contributed by atoms with Crippen molar-refractivity contribution < 1.29 is 24.2 Å². The summed E-state index contributed by atoms with van der Waals surface area (Å²) >= 11 is 0. The zero-order chi connectivity index (χ0) is 34.5. The van der Waals surface area contributed by atoms with E-state index in [4.69, 9.17) is 4.74 Å². The molecule has 0 radical (unpaired) electrons. The van der Waals surface area contributed by atoms with Crippen LogP contribution in [0.3, 0.4) is 0 Å². The summed E-state index contributed by atoms with van der Waals surface area (Å²) in [7, 11) is 0. The zero-order valence-corrected chi connectivity index (χ0v) is 31.2. The van der Waals surface area contributed by atoms with Crippen LogP contribution in [0, 0.1) is 50.7 Å². The number of piperidine rings is 1. The second kappa shape index (κ2) is 11.3. The molecule has 0 aromatic rings. The number of rotatable bonds is 3. The topological polar surface area (TPSA) is 95.9 Å². The molecule has 0 spiro atoms. The van der Waals surface area contributed by atoms with E-state index in [-0.39, 0.29) is 57.3 Å². The molecule has 7 heteroatoms. The smallest absolute Gasteiger partial charge is 0.407 e. The number of carbonyl (C=O) groups excluding carboxylic acids is 3. The number of nitrogens with one attached hydrogen (secondary N) is 1. The molecule has 47 heavy (non-hydrogen) atoms. The summed E-state index contributed by atoms with van der Waals surface area (Å²) in [5, 5.41) is 14.1. The average molecular weight is 653 g/mol. The molecular formula is C40H64N2O5. The normalized spacial score (nSPS) is 42.0. The van der Waals surface area contributed by atoms with E-state index < -0.39 is 17.1 Å². The van der Waals surface area contributed by atoms with E-state index in [1.165, 1.54) is 5.57 Å². The number of ether oxygens (including phenoxy) is 1. The van der Waals surface area contributed by atoms with Gasteiger partial charge in [0.15, 0.2) is 5.78 Å². The van der Waals surface area contributed by atoms with Crippen LogP contribution in [0.2, 0.25) is 0 Å². The molecule has 8 atom stereocenters. The van der Waals surface area contributed by atoms with Crippen molar-refractivity contribution in [3.63, 3.8) is 0 Å². The highest BCUT2D eigenvalue weighted by Crippen LogP contribution is 2.76. The van der Waals surface area contributed by atoms with Crippen LogP contribution in [0.1, 0.15) is 140 Å². The van der Waals surface area contributed by atoms with Crippen molar-refractivity contribution in [3.8, 4) is 0 Å². The van der Waals surface area contributed by atoms with Gasteiger partial charge < -0.3 is 20.1 Å². The summed E-state index contributed by atoms with van der Waals surface area (Å²) in [4.78, 5) is 43.4. The fraction of sp³-hybridized carbons (Fsp3) is 0.875. The number of nitrogens with zero attached hydrogens (tertiary/aromatic N) is 1. The fourth-order valence-electron chi connectivity index (χ4n) is 12.9. The van der Waals surface area contributed by atoms with Crippen molar-refractivity contribution in [2.24, 2.45) is 50.7 Å². The van der Waals surface area contributed by atoms with Gasteiger partial charge in [-0.25, -0.2) is 4.79 Å². The maximum atomic E-state index is 14.9. The third kappa shape index (κ3) is 5.16. The van der Waals surface area contributed by atoms with Gasteiger partial charge in [-0.2, -0.15) is 0 Å². The van der Waals surface area contributed by atoms with Crippen molar-refractivity contribution in [3.05, 3.63) is 11.1 Å². The predicted octanol–water partition coefficient (Wildman–Crippen LogP) is 7.84. The molecule has 264 valence electrons. The molecule has 5 fully saturated rings. The van der Waals surface area contributed by atoms with Gasteiger partial charge in [0.2, 0.25) is 5.91 Å². The zero-order valence-electron chi connectivity index (χ0n) is 31.2. The van der Waals surface area contributed by atoms with Gasteiger partial charge in [-0.1, -0.05) is 48.5 Å². The number of ketones is 1. The minimum absolute atomic E-state index is 0.0122. The third-order valence-electron chi connectivity index (χ3n) is 15.3. The summed E-state index contributed by atoms with van der Waals surface area (Å²) in [6, 6.07) is -0.0231. The number of carbonyl (C=O) groups is 3. The van der Waals surface area contributed by atoms with Crippen LogP contribution < -0.4 is 5.32 Å². The lowest BCUT2D eigenvalue weighted by Crippen LogP contribution is -2.66. The minimum atomic E-state index is -0.729. The number of allylic oxidation sites excluding steroid dienone is 1. The number of aliphatic hydroxyl groups excluding tert-OH is 1. The Morgan fingerprint density at radius 3 is 2.15 bits per heavy atom. The van der Waals surface area contributed by atoms with Crippen LogP contribution in [0.15, 0.2) is 11.1 Å². The van der Waals surface area contributed by atoms with E-state index in [2.05, 4.69) is 53.8 Å². The van der Waals surface area contributed by atoms with Gasteiger partial charge in [0.25, 0.3) is 0 Å². The Bertz CT molecular complexity index is 1340. The molecule has 0 aromatic heterocycles. The Morgan fingerprint density at radius 1 is 0.872 bits per heavy atom. The molecule has 2 N–H and O–H groups in total. The first-order valence-electron chi connectivity index (χ1n) is 19.0. The van der Waals surface area contributed by atoms with Crippen LogP contribution in [0.5, 0.6) is 0 Å². The molecule has 1 aliphatic heterocycles. The number of aliphatic hydroxyl groups is 1. The maximum absolute atomic E-state index is 14.9. The Hall–Kier alpha value is -1.89. The number of fused-ring (bicyclic) bond motifs is 7. The number of Topliss-reactive ketones (excluding diaryl/α,β-unsaturated/α-hetero) is 1. The molecule has 4 saturated carbocycles. The van der Waals surface area contributed by atoms with Crippen LogP contribution in [-0.2, 0) is 14.3 Å². The fourth-order valence-corrected chi connectivity index (χ4v) is 12.9. The Balaban J connectivity index is 1.29. The Morgan fingerprint density at radius 2 is 1.53 bits per heavy atom. The first kappa shape index (κ1) is 35.0. The highest BCUT2D eigenvalue weighted by molar-refractivity contribution is 6.07. The maximum Gasteiger partial charge on any atom is 0.407 e. The summed E-state index contributed by atoms with van der Waals surface area (Å²) in [5.41, 5.74) is 1.13. The second-order valence-corrected chi connectivity index (χ2v) is 19.4. The molecule has 2 amide bonds. The molecule has 7 nitrogen and oxygen atoms in total. The molecular weight excluding hydrogens is 588 g/mol. The Kier molecular flexibility index (Phi) is 8.42. The van der Waals surface area contributed by atoms with Crippen LogP contribution in [-0.4, -0.2) is 58.6 Å². The van der Waals surface area contributed by atoms with Crippen molar-refractivity contribution in [2.75, 3.05) is 13.1 Å². The first-order valence-corrected chi connectivity index (χ1v) is 19.0. The molecule has 1 heterocycles. The van der Waals surface area contributed by atoms with Gasteiger partial charge >= 0.3 is 6.09 Å². The number of amides is 2. The van der Waals surface area contributed by atoms with Crippen molar-refractivity contribution in [2.45, 2.75) is 158 Å². The molecule has 0 unspecified atom stereocenters. The second-order valence-electron chi connectivity index (χ2n) is 19.4. The van der Waals surface area contributed by atoms with E-state index in [9.17, 15) is 19.5 Å². The molecule has 1 saturated heterocycles. The molecule has 0 bridgehead atoms. The van der Waals surface area contributed by atoms with Gasteiger partial charge in [-0.3, -0.25) is 9.59 Å². The third-order valence-corrected chi connectivity index (χ3v) is 15.3. The lowest BCUT2D eigenvalue weighted by Gasteiger charge is -2.72. The van der Waals surface area contributed by atoms with E-state index in [0.29, 0.717) is 44.2 Å². The summed E-state index contributed by atoms with van der Waals surface area (Å²) < 4.78 is 5.48. The first-order chi connectivity index (χ1) is 21.7. The van der Waals surface area contributed by atoms with E-state index in [0.717, 1.165) is 56.9 Å². The highest BCUT2D eigenvalue weighted by atomic mass is 16.6. The van der Waals surface area contributed by atoms with Gasteiger partial charge in [0, 0.05) is 25.6 Å². The number of hydrogen-bond acceptors (Lipinski definition) is 5. The standard InChI is InChI=1S/C40H64N2O5/c1-24(2)31-27(43)23-40(33(45)42-21-15-25(16-22-42)41-34(46)47-35(3,4)5)20-19-38(9)26(32(31)40)11-12-29-37(8)17-14-30(44)36(6,7)28(37)13-18-39(29,38)10/h24-26,28-30,44H,11-23H2,1-10H3,(H,41,46)/t26-,28+,29-,30+,37+,38-,39-,40-/m1/s1. The summed E-state index contributed by atoms with van der Waals surface area (Å²) in [6.07, 6.45) is 9.22. The SMILES string of the molecule is CC(C)C1=C2[C@H]3CC[C@@H]4[C@@]5(C)CC[C@H](O)C(C)(C)[C@@H]5CC[C@@]4(C)[C@]3(C)CC[C@@]2(C(=O)N2CCC(NC(=O)OC(C)(C)C)CC2)CC1=O. The van der Waals surface area contributed by atoms with E-state index in [1.807, 2.05) is 25.7 Å². The summed E-state index contributed by atoms with van der Waals surface area (Å²) in [5.74, 6) is 1.76. The predicted molar refractivity (Wildman–Crippen MR) is 184 cm³/mol. The molecule has 5 aliphatic carbocycles. The van der Waals surface area contributed by atoms with Crippen LogP contribution >= 0.6 is 0 Å².